The molecule has 56 heavy (non-hydrogen) atoms. The second-order valence-electron chi connectivity index (χ2n) is 12.9. The number of carboxylic acids is 1. The van der Waals surface area contributed by atoms with Gasteiger partial charge in [0.15, 0.2) is 34.7 Å². The number of carbonyl (C=O) groups is 5. The van der Waals surface area contributed by atoms with Gasteiger partial charge in [-0.3, -0.25) is 9.59 Å². The van der Waals surface area contributed by atoms with E-state index in [9.17, 15) is 71.4 Å². The highest BCUT2D eigenvalue weighted by atomic mass is 35.5. The summed E-state index contributed by atoms with van der Waals surface area (Å²) in [7, 11) is -1.98. The summed E-state index contributed by atoms with van der Waals surface area (Å²) in [5, 5.41) is 53.4. The van der Waals surface area contributed by atoms with Crippen molar-refractivity contribution in [3.8, 4) is 23.0 Å². The first-order chi connectivity index (χ1) is 26.4. The minimum absolute atomic E-state index is 0.0489. The molecule has 3 aromatic rings. The van der Waals surface area contributed by atoms with Crippen molar-refractivity contribution in [3.63, 3.8) is 0 Å². The molecule has 3 aromatic carbocycles. The van der Waals surface area contributed by atoms with Crippen LogP contribution in [0.2, 0.25) is 5.02 Å². The number of benzene rings is 3. The number of imide groups is 1. The van der Waals surface area contributed by atoms with Gasteiger partial charge in [0, 0.05) is 37.8 Å². The van der Waals surface area contributed by atoms with Gasteiger partial charge in [-0.05, 0) is 43.0 Å². The van der Waals surface area contributed by atoms with Gasteiger partial charge in [0.1, 0.15) is 23.2 Å². The number of halogens is 6. The number of phenols is 3. The van der Waals surface area contributed by atoms with Gasteiger partial charge in [0.05, 0.1) is 16.5 Å². The third-order valence-corrected chi connectivity index (χ3v) is 10.0. The van der Waals surface area contributed by atoms with Crippen LogP contribution in [0.4, 0.5) is 31.5 Å². The highest BCUT2D eigenvalue weighted by Gasteiger charge is 2.43. The van der Waals surface area contributed by atoms with E-state index in [1.807, 2.05) is 0 Å². The average Bonchev–Trinajstić information content (AvgIpc) is 3.56. The molecule has 296 valence electrons. The second-order valence-corrected chi connectivity index (χ2v) is 13.3. The largest absolute Gasteiger partial charge is 0.547 e. The maximum atomic E-state index is 14.7. The Hall–Kier alpha value is -6.03. The van der Waals surface area contributed by atoms with Gasteiger partial charge in [0.25, 0.3) is 5.91 Å². The number of urea groups is 2. The molecule has 0 spiro atoms. The Morgan fingerprint density at radius 3 is 2.23 bits per heavy atom. The van der Waals surface area contributed by atoms with Crippen molar-refractivity contribution in [2.45, 2.75) is 37.3 Å². The molecule has 6 amide bonds. The van der Waals surface area contributed by atoms with Crippen LogP contribution >= 0.6 is 11.6 Å². The zero-order valence-corrected chi connectivity index (χ0v) is 29.1. The number of carboxylic acid groups (broad SMARTS) is 1. The Labute approximate surface area is 316 Å². The van der Waals surface area contributed by atoms with Gasteiger partial charge in [-0.15, -0.1) is 0 Å². The van der Waals surface area contributed by atoms with Gasteiger partial charge in [0.2, 0.25) is 11.7 Å². The number of hydrogen-bond acceptors (Lipinski definition) is 10. The minimum atomic E-state index is -2.04. The van der Waals surface area contributed by atoms with E-state index in [2.05, 4.69) is 10.6 Å². The lowest BCUT2D eigenvalue weighted by Gasteiger charge is -2.36. The number of nitrogens with one attached hydrogen (secondary N) is 2. The van der Waals surface area contributed by atoms with Crippen LogP contribution in [-0.4, -0.2) is 115 Å². The number of hydrogen-bond donors (Lipinski definition) is 7. The number of fused-ring (bicyclic) bond motifs is 1. The summed E-state index contributed by atoms with van der Waals surface area (Å²) in [6.45, 7) is -0.492. The molecule has 0 saturated carbocycles. The van der Waals surface area contributed by atoms with Crippen LogP contribution in [0.25, 0.3) is 0 Å². The number of aromatic carboxylic acids is 1. The van der Waals surface area contributed by atoms with E-state index in [-0.39, 0.29) is 51.0 Å². The SMILES string of the molecule is O=C(O)c1c(F)ccc2c1OB(O)[C@@H](NC(=O)[C@@H](NC(=O)N1CCN(C3CCN(C(=O)c4cc(F)c(F)c(O)c4F)CC3)C1=O)c1cc(F)c(O)c(O)c1Cl)C2. The molecular formula is C33H28BClF5N5O11. The first-order valence-electron chi connectivity index (χ1n) is 16.5. The fraction of sp³-hybridized carbons (Fsp3) is 0.303. The van der Waals surface area contributed by atoms with Crippen molar-refractivity contribution in [2.24, 2.45) is 0 Å². The van der Waals surface area contributed by atoms with Crippen LogP contribution in [0.15, 0.2) is 24.3 Å². The molecule has 0 unspecified atom stereocenters. The van der Waals surface area contributed by atoms with Crippen molar-refractivity contribution in [1.29, 1.82) is 0 Å². The minimum Gasteiger partial charge on any atom is -0.534 e. The summed E-state index contributed by atoms with van der Waals surface area (Å²) in [4.78, 5) is 68.4. The van der Waals surface area contributed by atoms with Crippen LogP contribution in [-0.2, 0) is 11.2 Å². The molecule has 23 heteroatoms. The molecular weight excluding hydrogens is 784 g/mol. The molecule has 0 aromatic heterocycles. The fourth-order valence-electron chi connectivity index (χ4n) is 6.72. The van der Waals surface area contributed by atoms with E-state index in [1.165, 1.54) is 4.90 Å². The average molecular weight is 812 g/mol. The lowest BCUT2D eigenvalue weighted by atomic mass is 9.72. The summed E-state index contributed by atoms with van der Waals surface area (Å²) in [5.74, 6) is -17.8. The molecule has 0 bridgehead atoms. The number of aromatic hydroxyl groups is 3. The van der Waals surface area contributed by atoms with Gasteiger partial charge < -0.3 is 50.5 Å². The first kappa shape index (κ1) is 39.7. The molecule has 2 saturated heterocycles. The molecule has 3 aliphatic heterocycles. The van der Waals surface area contributed by atoms with Crippen molar-refractivity contribution < 1.29 is 76.0 Å². The Morgan fingerprint density at radius 2 is 1.57 bits per heavy atom. The van der Waals surface area contributed by atoms with Gasteiger partial charge in [-0.1, -0.05) is 17.7 Å². The Balaban J connectivity index is 1.17. The number of carbonyl (C=O) groups excluding carboxylic acids is 4. The van der Waals surface area contributed by atoms with Gasteiger partial charge >= 0.3 is 25.1 Å². The zero-order chi connectivity index (χ0) is 40.9. The van der Waals surface area contributed by atoms with Crippen molar-refractivity contribution >= 4 is 48.6 Å². The molecule has 3 heterocycles. The molecule has 2 fully saturated rings. The lowest BCUT2D eigenvalue weighted by Crippen LogP contribution is -2.56. The summed E-state index contributed by atoms with van der Waals surface area (Å²) in [5.41, 5.74) is -2.34. The number of likely N-dealkylation sites (tertiary alicyclic amines) is 1. The second kappa shape index (κ2) is 15.2. The molecule has 16 nitrogen and oxygen atoms in total. The summed E-state index contributed by atoms with van der Waals surface area (Å²) in [6.07, 6.45) is -0.159. The number of nitrogens with zero attached hydrogens (tertiary/aromatic N) is 3. The summed E-state index contributed by atoms with van der Waals surface area (Å²) < 4.78 is 75.8. The van der Waals surface area contributed by atoms with Crippen molar-refractivity contribution in [3.05, 3.63) is 80.6 Å². The highest BCUT2D eigenvalue weighted by Crippen LogP contribution is 2.41. The van der Waals surface area contributed by atoms with E-state index in [0.29, 0.717) is 17.0 Å². The van der Waals surface area contributed by atoms with Crippen LogP contribution in [0.1, 0.15) is 50.7 Å². The molecule has 6 rings (SSSR count). The summed E-state index contributed by atoms with van der Waals surface area (Å²) >= 11 is 6.15. The molecule has 2 atom stereocenters. The third kappa shape index (κ3) is 7.12. The molecule has 3 aliphatic rings. The van der Waals surface area contributed by atoms with Crippen LogP contribution in [0.3, 0.4) is 0 Å². The number of piperidine rings is 1. The monoisotopic (exact) mass is 811 g/mol. The fourth-order valence-corrected chi connectivity index (χ4v) is 6.97. The first-order valence-corrected chi connectivity index (χ1v) is 16.9. The molecule has 0 radical (unpaired) electrons. The normalized spacial score (nSPS) is 17.7. The quantitative estimate of drug-likeness (QED) is 0.0794. The van der Waals surface area contributed by atoms with Crippen molar-refractivity contribution in [2.75, 3.05) is 26.2 Å². The van der Waals surface area contributed by atoms with E-state index in [0.717, 1.165) is 17.0 Å². The third-order valence-electron chi connectivity index (χ3n) is 9.63. The Bertz CT molecular complexity index is 2180. The zero-order valence-electron chi connectivity index (χ0n) is 28.4. The smallest absolute Gasteiger partial charge is 0.534 e. The highest BCUT2D eigenvalue weighted by molar-refractivity contribution is 6.47. The van der Waals surface area contributed by atoms with E-state index in [1.54, 1.807) is 0 Å². The number of rotatable bonds is 7. The summed E-state index contributed by atoms with van der Waals surface area (Å²) in [6, 6.07) is -1.91. The van der Waals surface area contributed by atoms with Crippen LogP contribution < -0.4 is 15.3 Å². The molecule has 7 N–H and O–H groups in total. The van der Waals surface area contributed by atoms with E-state index < -0.39 is 129 Å². The maximum absolute atomic E-state index is 14.7. The van der Waals surface area contributed by atoms with Gasteiger partial charge in [-0.25, -0.2) is 36.8 Å². The predicted molar refractivity (Wildman–Crippen MR) is 179 cm³/mol. The number of phenolic OH excluding ortho intramolecular Hbond substituents is 3. The van der Waals surface area contributed by atoms with Crippen molar-refractivity contribution in [1.82, 2.24) is 25.3 Å². The van der Waals surface area contributed by atoms with Crippen LogP contribution in [0.5, 0.6) is 23.0 Å². The Kier molecular flexibility index (Phi) is 10.8. The van der Waals surface area contributed by atoms with Crippen LogP contribution in [0, 0.1) is 29.1 Å². The van der Waals surface area contributed by atoms with Gasteiger partial charge in [-0.2, -0.15) is 4.39 Å². The maximum Gasteiger partial charge on any atom is 0.547 e. The number of amides is 6. The lowest BCUT2D eigenvalue weighted by molar-refractivity contribution is -0.123. The topological polar surface area (TPSA) is 230 Å². The standard InChI is InChI=1S/C33H28BClF5N5O11/c35-21-14(10-18(38)25(46)26(21)47)24(29(49)41-19-9-12-1-2-16(36)20(31(51)52)28(12)56-34(19)55)42-32(53)45-8-7-44(33(45)54)13-3-5-43(6-4-13)30(50)15-11-17(37)23(40)27(48)22(15)39/h1-2,10-11,13,19,24,46-48,55H,3-9H2,(H,41,49)(H,42,53)(H,51,52)/t19-,24-/m0/s1. The van der Waals surface area contributed by atoms with E-state index >= 15 is 0 Å². The Morgan fingerprint density at radius 1 is 0.893 bits per heavy atom. The molecule has 0 aliphatic carbocycles. The predicted octanol–water partition coefficient (Wildman–Crippen LogP) is 2.78. The van der Waals surface area contributed by atoms with E-state index in [4.69, 9.17) is 16.3 Å².